The Bertz CT molecular complexity index is 2860. The summed E-state index contributed by atoms with van der Waals surface area (Å²) >= 11 is 26.2. The Hall–Kier alpha value is -4.24. The van der Waals surface area contributed by atoms with Crippen LogP contribution in [0, 0.1) is 0 Å². The third kappa shape index (κ3) is 19.6. The molecule has 2 saturated heterocycles. The van der Waals surface area contributed by atoms with Crippen molar-refractivity contribution >= 4 is 78.5 Å². The number of likely N-dealkylation sites (tertiary alicyclic amines) is 2. The highest BCUT2D eigenvalue weighted by molar-refractivity contribution is 7.89. The van der Waals surface area contributed by atoms with Gasteiger partial charge in [-0.05, 0) is 162 Å². The van der Waals surface area contributed by atoms with E-state index in [1.54, 1.807) is 36.4 Å². The van der Waals surface area contributed by atoms with Crippen LogP contribution in [0.25, 0.3) is 0 Å². The number of hydrogen-bond acceptors (Lipinski definition) is 14. The Kier molecular flexibility index (Phi) is 26.4. The van der Waals surface area contributed by atoms with Crippen LogP contribution in [0.3, 0.4) is 0 Å². The Morgan fingerprint density at radius 2 is 0.849 bits per heavy atom. The van der Waals surface area contributed by atoms with Crippen LogP contribution in [-0.2, 0) is 51.8 Å². The molecular formula is C60H82Cl4N8O12S2. The highest BCUT2D eigenvalue weighted by Crippen LogP contribution is 2.46. The first kappa shape index (κ1) is 67.7. The van der Waals surface area contributed by atoms with E-state index in [9.17, 15) is 26.4 Å². The maximum Gasteiger partial charge on any atom is 0.314 e. The fourth-order valence-electron chi connectivity index (χ4n) is 11.6. The van der Waals surface area contributed by atoms with Crippen molar-refractivity contribution in [3.05, 3.63) is 115 Å². The molecule has 0 spiro atoms. The standard InChI is InChI=1S/C60H82Cl4N8O12S2/c1-41-9-3-7-25-71(41)55-39-49-51(35-43(61)37-53(49)63)57(55)83-45-11-15-47(16-12-45)85(75,76)69-23-29-81-33-31-79-27-21-67-59(73)65-19-5-6-20-66-60(74)68-22-28-80-32-34-82-30-24-70-86(77,78)48-17-13-46(14-18-48)84-58-52-36-44(62)38-54(64)50(52)40-56(58)72-26-8-4-10-42(72)2/h11-18,35-38,41-42,55-58,69-70H,3-10,19-34,39-40H2,1-2H3,(H2,65,67,73)(H2,66,68,74)/t41-,42-,55-,56?,57-,58-/m0/s1. The molecular weight excluding hydrogens is 1230 g/mol. The number of fused-ring (bicyclic) bond motifs is 2. The number of hydrogen-bond donors (Lipinski definition) is 6. The lowest BCUT2D eigenvalue weighted by atomic mass is 9.99. The monoisotopic (exact) mass is 1310 g/mol. The molecule has 0 saturated carbocycles. The molecule has 26 heteroatoms. The number of rotatable bonds is 33. The molecule has 4 aliphatic rings. The maximum atomic E-state index is 13.1. The lowest BCUT2D eigenvalue weighted by Crippen LogP contribution is -2.47. The van der Waals surface area contributed by atoms with Crippen molar-refractivity contribution in [2.45, 2.75) is 124 Å². The normalized spacial score (nSPS) is 20.7. The lowest BCUT2D eigenvalue weighted by molar-refractivity contribution is 0.0343. The number of carbonyl (C=O) groups excluding carboxylic acids is 2. The number of benzene rings is 4. The van der Waals surface area contributed by atoms with E-state index in [0.29, 0.717) is 69.6 Å². The number of nitrogens with one attached hydrogen (secondary N) is 6. The van der Waals surface area contributed by atoms with Crippen LogP contribution in [0.2, 0.25) is 20.1 Å². The van der Waals surface area contributed by atoms with Crippen LogP contribution in [0.15, 0.2) is 82.6 Å². The Labute approximate surface area is 526 Å². The highest BCUT2D eigenvalue weighted by Gasteiger charge is 2.43. The van der Waals surface area contributed by atoms with Gasteiger partial charge in [0.15, 0.2) is 0 Å². The van der Waals surface area contributed by atoms with Gasteiger partial charge in [0.2, 0.25) is 20.0 Å². The van der Waals surface area contributed by atoms with Crippen molar-refractivity contribution in [2.75, 3.05) is 105 Å². The molecule has 474 valence electrons. The van der Waals surface area contributed by atoms with Gasteiger partial charge in [-0.2, -0.15) is 0 Å². The van der Waals surface area contributed by atoms with E-state index in [-0.39, 0.29) is 125 Å². The molecule has 6 N–H and O–H groups in total. The topological polar surface area (TPSA) is 236 Å². The van der Waals surface area contributed by atoms with Gasteiger partial charge in [-0.15, -0.1) is 0 Å². The summed E-state index contributed by atoms with van der Waals surface area (Å²) < 4.78 is 92.7. The summed E-state index contributed by atoms with van der Waals surface area (Å²) in [6.07, 6.45) is 9.07. The predicted octanol–water partition coefficient (Wildman–Crippen LogP) is 8.84. The summed E-state index contributed by atoms with van der Waals surface area (Å²) in [5.41, 5.74) is 4.01. The third-order valence-electron chi connectivity index (χ3n) is 15.9. The molecule has 2 aliphatic heterocycles. The number of amides is 4. The summed E-state index contributed by atoms with van der Waals surface area (Å²) in [6.45, 7) is 9.81. The van der Waals surface area contributed by atoms with E-state index >= 15 is 0 Å². The highest BCUT2D eigenvalue weighted by atomic mass is 35.5. The second kappa shape index (κ2) is 33.5. The average molecular weight is 1310 g/mol. The van der Waals surface area contributed by atoms with Crippen molar-refractivity contribution in [3.8, 4) is 11.5 Å². The van der Waals surface area contributed by atoms with E-state index in [2.05, 4.69) is 54.4 Å². The molecule has 8 rings (SSSR count). The van der Waals surface area contributed by atoms with Crippen molar-refractivity contribution in [2.24, 2.45) is 0 Å². The van der Waals surface area contributed by atoms with Gasteiger partial charge in [0.25, 0.3) is 0 Å². The van der Waals surface area contributed by atoms with Gasteiger partial charge in [-0.3, -0.25) is 9.80 Å². The summed E-state index contributed by atoms with van der Waals surface area (Å²) in [5, 5.41) is 13.3. The van der Waals surface area contributed by atoms with Gasteiger partial charge in [0.05, 0.1) is 74.7 Å². The van der Waals surface area contributed by atoms with Gasteiger partial charge in [0, 0.05) is 82.6 Å². The Morgan fingerprint density at radius 1 is 0.488 bits per heavy atom. The first-order chi connectivity index (χ1) is 41.5. The van der Waals surface area contributed by atoms with Crippen LogP contribution in [0.4, 0.5) is 9.59 Å². The average Bonchev–Trinajstić information content (AvgIpc) is 1.98. The second-order valence-electron chi connectivity index (χ2n) is 22.0. The number of piperidine rings is 2. The summed E-state index contributed by atoms with van der Waals surface area (Å²) in [4.78, 5) is 29.5. The zero-order valence-electron chi connectivity index (χ0n) is 48.9. The van der Waals surface area contributed by atoms with E-state index < -0.39 is 20.0 Å². The third-order valence-corrected chi connectivity index (χ3v) is 20.0. The Morgan fingerprint density at radius 3 is 1.22 bits per heavy atom. The number of unbranched alkanes of at least 4 members (excludes halogenated alkanes) is 1. The van der Waals surface area contributed by atoms with Crippen molar-refractivity contribution in [3.63, 3.8) is 0 Å². The molecule has 4 aromatic rings. The fourth-order valence-corrected chi connectivity index (χ4v) is 14.8. The largest absolute Gasteiger partial charge is 0.484 e. The van der Waals surface area contributed by atoms with E-state index in [1.165, 1.54) is 37.1 Å². The van der Waals surface area contributed by atoms with E-state index in [0.717, 1.165) is 73.9 Å². The van der Waals surface area contributed by atoms with Gasteiger partial charge in [-0.25, -0.2) is 35.9 Å². The maximum absolute atomic E-state index is 13.1. The molecule has 0 aromatic heterocycles. The zero-order chi connectivity index (χ0) is 61.1. The molecule has 4 aromatic carbocycles. The SMILES string of the molecule is C[C@H]1CCCCN1C1Cc2c(Cl)cc(Cl)cc2[C@@H]1Oc1ccc(S(=O)(=O)NCCOCCOCCNC(=O)NCCCCNC(=O)NCCOCCOCCNS(=O)(=O)c2ccc(O[C@H]3c4cc(Cl)cc(Cl)c4C[C@@H]3N3CCCC[C@@H]3C)cc2)cc1. The van der Waals surface area contributed by atoms with Gasteiger partial charge in [-0.1, -0.05) is 59.2 Å². The van der Waals surface area contributed by atoms with Crippen LogP contribution >= 0.6 is 46.4 Å². The molecule has 0 bridgehead atoms. The first-order valence-electron chi connectivity index (χ1n) is 29.8. The quantitative estimate of drug-likeness (QED) is 0.0245. The first-order valence-corrected chi connectivity index (χ1v) is 34.3. The minimum Gasteiger partial charge on any atom is -0.484 e. The molecule has 2 fully saturated rings. The summed E-state index contributed by atoms with van der Waals surface area (Å²) in [7, 11) is -7.60. The minimum absolute atomic E-state index is 0.0676. The lowest BCUT2D eigenvalue weighted by Gasteiger charge is -2.40. The number of ether oxygens (including phenoxy) is 6. The van der Waals surface area contributed by atoms with Crippen molar-refractivity contribution in [1.29, 1.82) is 0 Å². The van der Waals surface area contributed by atoms with Gasteiger partial charge < -0.3 is 49.7 Å². The second-order valence-corrected chi connectivity index (χ2v) is 27.2. The van der Waals surface area contributed by atoms with E-state index in [1.807, 2.05) is 12.1 Å². The van der Waals surface area contributed by atoms with Gasteiger partial charge in [0.1, 0.15) is 23.7 Å². The molecule has 2 aliphatic carbocycles. The molecule has 0 radical (unpaired) electrons. The molecule has 1 unspecified atom stereocenters. The van der Waals surface area contributed by atoms with E-state index in [4.69, 9.17) is 74.8 Å². The van der Waals surface area contributed by atoms with Crippen LogP contribution < -0.4 is 40.2 Å². The van der Waals surface area contributed by atoms with Gasteiger partial charge >= 0.3 is 12.1 Å². The fraction of sp³-hybridized carbons (Fsp3) is 0.567. The smallest absolute Gasteiger partial charge is 0.314 e. The number of halogens is 4. The minimum atomic E-state index is -3.80. The predicted molar refractivity (Wildman–Crippen MR) is 333 cm³/mol. The summed E-state index contributed by atoms with van der Waals surface area (Å²) in [5.74, 6) is 1.10. The molecule has 86 heavy (non-hydrogen) atoms. The number of urea groups is 2. The molecule has 20 nitrogen and oxygen atoms in total. The number of nitrogens with zero attached hydrogens (tertiary/aromatic N) is 2. The summed E-state index contributed by atoms with van der Waals surface area (Å²) in [6, 6.07) is 20.5. The van der Waals surface area contributed by atoms with Crippen molar-refractivity contribution in [1.82, 2.24) is 40.5 Å². The van der Waals surface area contributed by atoms with Crippen LogP contribution in [0.5, 0.6) is 11.5 Å². The van der Waals surface area contributed by atoms with Crippen LogP contribution in [0.1, 0.15) is 99.7 Å². The molecule has 4 amide bonds. The molecule has 2 heterocycles. The van der Waals surface area contributed by atoms with Crippen molar-refractivity contribution < 1.29 is 54.8 Å². The number of carbonyl (C=O) groups is 2. The number of sulfonamides is 2. The molecule has 6 atom stereocenters. The zero-order valence-corrected chi connectivity index (χ0v) is 53.6. The van der Waals surface area contributed by atoms with Crippen LogP contribution in [-0.4, -0.2) is 168 Å². The Balaban J connectivity index is 0.582.